The Hall–Kier alpha value is -3.03. The summed E-state index contributed by atoms with van der Waals surface area (Å²) in [4.78, 5) is 38.3. The highest BCUT2D eigenvalue weighted by Crippen LogP contribution is 2.34. The lowest BCUT2D eigenvalue weighted by Crippen LogP contribution is -2.24. The molecule has 1 heterocycles. The van der Waals surface area contributed by atoms with E-state index in [0.29, 0.717) is 11.5 Å². The SMILES string of the molecule is NC(=O)c1ccc(Cn2cnc(C3CCC3)cc2=O)c([N+](=O)[O-])c1. The maximum atomic E-state index is 12.2. The van der Waals surface area contributed by atoms with Crippen LogP contribution in [0, 0.1) is 10.1 Å². The number of aromatic nitrogens is 2. The largest absolute Gasteiger partial charge is 0.366 e. The van der Waals surface area contributed by atoms with E-state index < -0.39 is 10.8 Å². The Kier molecular flexibility index (Phi) is 4.11. The van der Waals surface area contributed by atoms with Gasteiger partial charge in [0.05, 0.1) is 23.5 Å². The summed E-state index contributed by atoms with van der Waals surface area (Å²) < 4.78 is 1.31. The van der Waals surface area contributed by atoms with Crippen molar-refractivity contribution in [2.45, 2.75) is 31.7 Å². The Morgan fingerprint density at radius 3 is 2.67 bits per heavy atom. The summed E-state index contributed by atoms with van der Waals surface area (Å²) in [6.07, 6.45) is 4.64. The molecule has 1 aromatic carbocycles. The quantitative estimate of drug-likeness (QED) is 0.659. The zero-order valence-electron chi connectivity index (χ0n) is 12.8. The smallest absolute Gasteiger partial charge is 0.275 e. The maximum Gasteiger partial charge on any atom is 0.275 e. The van der Waals surface area contributed by atoms with Crippen molar-refractivity contribution in [3.63, 3.8) is 0 Å². The van der Waals surface area contributed by atoms with Gasteiger partial charge in [-0.1, -0.05) is 6.42 Å². The first kappa shape index (κ1) is 15.9. The van der Waals surface area contributed by atoms with Gasteiger partial charge in [-0.25, -0.2) is 4.98 Å². The average Bonchev–Trinajstić information content (AvgIpc) is 2.48. The van der Waals surface area contributed by atoms with Gasteiger partial charge in [0.15, 0.2) is 0 Å². The second kappa shape index (κ2) is 6.23. The van der Waals surface area contributed by atoms with Gasteiger partial charge in [0.1, 0.15) is 0 Å². The van der Waals surface area contributed by atoms with E-state index in [0.717, 1.165) is 31.0 Å². The van der Waals surface area contributed by atoms with E-state index in [2.05, 4.69) is 4.98 Å². The van der Waals surface area contributed by atoms with Gasteiger partial charge >= 0.3 is 0 Å². The van der Waals surface area contributed by atoms with E-state index in [1.807, 2.05) is 0 Å². The molecule has 1 amide bonds. The van der Waals surface area contributed by atoms with Gasteiger partial charge in [0, 0.05) is 29.2 Å². The van der Waals surface area contributed by atoms with Crippen LogP contribution in [0.25, 0.3) is 0 Å². The molecule has 2 aromatic rings. The van der Waals surface area contributed by atoms with E-state index in [1.54, 1.807) is 0 Å². The third-order valence-electron chi connectivity index (χ3n) is 4.33. The second-order valence-corrected chi connectivity index (χ2v) is 5.87. The molecule has 8 nitrogen and oxygen atoms in total. The first-order valence-electron chi connectivity index (χ1n) is 7.59. The van der Waals surface area contributed by atoms with Crippen LogP contribution in [0.1, 0.15) is 46.8 Å². The summed E-state index contributed by atoms with van der Waals surface area (Å²) >= 11 is 0. The molecular formula is C16H16N4O4. The molecule has 2 N–H and O–H groups in total. The van der Waals surface area contributed by atoms with E-state index in [1.165, 1.54) is 29.1 Å². The van der Waals surface area contributed by atoms with Gasteiger partial charge in [0.2, 0.25) is 5.91 Å². The number of benzene rings is 1. The zero-order chi connectivity index (χ0) is 17.3. The van der Waals surface area contributed by atoms with E-state index in [9.17, 15) is 19.7 Å². The summed E-state index contributed by atoms with van der Waals surface area (Å²) in [5.41, 5.74) is 5.79. The van der Waals surface area contributed by atoms with Crippen molar-refractivity contribution in [1.29, 1.82) is 0 Å². The van der Waals surface area contributed by atoms with Crippen LogP contribution in [0.5, 0.6) is 0 Å². The Morgan fingerprint density at radius 1 is 1.38 bits per heavy atom. The molecule has 24 heavy (non-hydrogen) atoms. The van der Waals surface area contributed by atoms with E-state index in [-0.39, 0.29) is 23.4 Å². The van der Waals surface area contributed by atoms with E-state index >= 15 is 0 Å². The summed E-state index contributed by atoms with van der Waals surface area (Å²) in [6, 6.07) is 5.46. The van der Waals surface area contributed by atoms with Crippen LogP contribution in [-0.4, -0.2) is 20.4 Å². The maximum absolute atomic E-state index is 12.2. The van der Waals surface area contributed by atoms with Crippen molar-refractivity contribution in [2.24, 2.45) is 5.73 Å². The van der Waals surface area contributed by atoms with Crippen molar-refractivity contribution in [1.82, 2.24) is 9.55 Å². The Labute approximate surface area is 137 Å². The minimum atomic E-state index is -0.742. The van der Waals surface area contributed by atoms with Crippen LogP contribution >= 0.6 is 0 Å². The standard InChI is InChI=1S/C16H16N4O4/c17-16(22)11-4-5-12(14(6-11)20(23)24)8-19-9-18-13(7-15(19)21)10-2-1-3-10/h4-7,9-10H,1-3,8H2,(H2,17,22). The summed E-state index contributed by atoms with van der Waals surface area (Å²) in [5.74, 6) is -0.398. The predicted molar refractivity (Wildman–Crippen MR) is 85.8 cm³/mol. The van der Waals surface area contributed by atoms with Crippen molar-refractivity contribution in [3.05, 3.63) is 67.9 Å². The van der Waals surface area contributed by atoms with Crippen molar-refractivity contribution in [2.75, 3.05) is 0 Å². The van der Waals surface area contributed by atoms with Crippen LogP contribution in [0.2, 0.25) is 0 Å². The average molecular weight is 328 g/mol. The van der Waals surface area contributed by atoms with Gasteiger partial charge in [0.25, 0.3) is 11.2 Å². The molecule has 124 valence electrons. The number of carbonyl (C=O) groups excluding carboxylic acids is 1. The molecule has 1 aliphatic rings. The van der Waals surface area contributed by atoms with Crippen LogP contribution in [0.3, 0.4) is 0 Å². The first-order valence-corrected chi connectivity index (χ1v) is 7.59. The van der Waals surface area contributed by atoms with Gasteiger partial charge < -0.3 is 5.73 Å². The Bertz CT molecular complexity index is 871. The van der Waals surface area contributed by atoms with Crippen LogP contribution in [0.4, 0.5) is 5.69 Å². The second-order valence-electron chi connectivity index (χ2n) is 5.87. The lowest BCUT2D eigenvalue weighted by atomic mass is 9.83. The fourth-order valence-electron chi connectivity index (χ4n) is 2.69. The molecule has 0 saturated heterocycles. The fourth-order valence-corrected chi connectivity index (χ4v) is 2.69. The molecule has 3 rings (SSSR count). The van der Waals surface area contributed by atoms with Crippen LogP contribution in [0.15, 0.2) is 35.4 Å². The highest BCUT2D eigenvalue weighted by molar-refractivity contribution is 5.93. The summed E-state index contributed by atoms with van der Waals surface area (Å²) in [6.45, 7) is 0.00609. The molecule has 0 atom stereocenters. The predicted octanol–water partition coefficient (Wildman–Crippen LogP) is 1.57. The van der Waals surface area contributed by atoms with Crippen molar-refractivity contribution in [3.8, 4) is 0 Å². The molecular weight excluding hydrogens is 312 g/mol. The van der Waals surface area contributed by atoms with Gasteiger partial charge in [-0.3, -0.25) is 24.3 Å². The molecule has 1 fully saturated rings. The van der Waals surface area contributed by atoms with Gasteiger partial charge in [-0.15, -0.1) is 0 Å². The molecule has 0 aliphatic heterocycles. The van der Waals surface area contributed by atoms with Crippen molar-refractivity contribution < 1.29 is 9.72 Å². The number of nitro benzene ring substituents is 1. The number of nitrogens with zero attached hydrogens (tertiary/aromatic N) is 3. The first-order chi connectivity index (χ1) is 11.5. The molecule has 0 unspecified atom stereocenters. The molecule has 0 radical (unpaired) electrons. The molecule has 8 heteroatoms. The molecule has 0 bridgehead atoms. The highest BCUT2D eigenvalue weighted by Gasteiger charge is 2.22. The third-order valence-corrected chi connectivity index (χ3v) is 4.33. The topological polar surface area (TPSA) is 121 Å². The number of carbonyl (C=O) groups is 1. The number of hydrogen-bond donors (Lipinski definition) is 1. The number of hydrogen-bond acceptors (Lipinski definition) is 5. The zero-order valence-corrected chi connectivity index (χ0v) is 12.8. The summed E-state index contributed by atoms with van der Waals surface area (Å²) in [5, 5.41) is 11.2. The normalized spacial score (nSPS) is 14.2. The molecule has 1 aromatic heterocycles. The monoisotopic (exact) mass is 328 g/mol. The number of rotatable bonds is 5. The fraction of sp³-hybridized carbons (Fsp3) is 0.312. The lowest BCUT2D eigenvalue weighted by Gasteiger charge is -2.24. The number of amides is 1. The molecule has 1 aliphatic carbocycles. The minimum Gasteiger partial charge on any atom is -0.366 e. The number of nitro groups is 1. The highest BCUT2D eigenvalue weighted by atomic mass is 16.6. The third kappa shape index (κ3) is 3.03. The van der Waals surface area contributed by atoms with Crippen molar-refractivity contribution >= 4 is 11.6 Å². The Morgan fingerprint density at radius 2 is 2.12 bits per heavy atom. The van der Waals surface area contributed by atoms with E-state index in [4.69, 9.17) is 5.73 Å². The van der Waals surface area contributed by atoms with Gasteiger partial charge in [-0.2, -0.15) is 0 Å². The Balaban J connectivity index is 1.91. The summed E-state index contributed by atoms with van der Waals surface area (Å²) in [7, 11) is 0. The number of nitrogens with two attached hydrogens (primary N) is 1. The van der Waals surface area contributed by atoms with Crippen LogP contribution in [-0.2, 0) is 6.54 Å². The molecule has 0 spiro atoms. The minimum absolute atomic E-state index is 0.00609. The molecule has 1 saturated carbocycles. The number of primary amides is 1. The van der Waals surface area contributed by atoms with Crippen LogP contribution < -0.4 is 11.3 Å². The lowest BCUT2D eigenvalue weighted by molar-refractivity contribution is -0.385. The van der Waals surface area contributed by atoms with Gasteiger partial charge in [-0.05, 0) is 25.0 Å².